The number of benzene rings is 1. The Morgan fingerprint density at radius 1 is 1.43 bits per heavy atom. The van der Waals surface area contributed by atoms with E-state index in [9.17, 15) is 0 Å². The third-order valence-electron chi connectivity index (χ3n) is 2.01. The van der Waals surface area contributed by atoms with Gasteiger partial charge in [-0.1, -0.05) is 11.6 Å². The zero-order chi connectivity index (χ0) is 10.7. The van der Waals surface area contributed by atoms with Crippen LogP contribution >= 0.6 is 23.2 Å². The van der Waals surface area contributed by atoms with E-state index >= 15 is 0 Å². The predicted molar refractivity (Wildman–Crippen MR) is 61.9 cm³/mol. The number of methoxy groups -OCH3 is 1. The molecule has 0 radical (unpaired) electrons. The number of hydrogen-bond acceptors (Lipinski definition) is 2. The highest BCUT2D eigenvalue weighted by molar-refractivity contribution is 6.31. The summed E-state index contributed by atoms with van der Waals surface area (Å²) < 4.78 is 5.30. The molecule has 2 nitrogen and oxygen atoms in total. The summed E-state index contributed by atoms with van der Waals surface area (Å²) in [6, 6.07) is 4.11. The average molecular weight is 234 g/mol. The SMILES string of the molecule is COc1c(C)cc(Cl)cc1N(C)CCl. The molecule has 0 aromatic heterocycles. The number of nitrogens with zero attached hydrogens (tertiary/aromatic N) is 1. The maximum atomic E-state index is 5.95. The summed E-state index contributed by atoms with van der Waals surface area (Å²) >= 11 is 11.7. The van der Waals surface area contributed by atoms with Gasteiger partial charge in [0.2, 0.25) is 0 Å². The Balaban J connectivity index is 3.24. The molecule has 4 heteroatoms. The first-order chi connectivity index (χ1) is 6.60. The van der Waals surface area contributed by atoms with Crippen LogP contribution in [-0.2, 0) is 0 Å². The Labute approximate surface area is 94.4 Å². The van der Waals surface area contributed by atoms with E-state index in [2.05, 4.69) is 0 Å². The molecule has 1 aromatic rings. The van der Waals surface area contributed by atoms with Crippen molar-refractivity contribution >= 4 is 28.9 Å². The van der Waals surface area contributed by atoms with E-state index in [1.807, 2.05) is 31.0 Å². The second-order valence-electron chi connectivity index (χ2n) is 3.09. The van der Waals surface area contributed by atoms with E-state index in [1.54, 1.807) is 7.11 Å². The Morgan fingerprint density at radius 3 is 2.57 bits per heavy atom. The second-order valence-corrected chi connectivity index (χ2v) is 3.77. The van der Waals surface area contributed by atoms with Crippen molar-refractivity contribution in [2.24, 2.45) is 0 Å². The van der Waals surface area contributed by atoms with Crippen LogP contribution < -0.4 is 9.64 Å². The Hall–Kier alpha value is -0.600. The monoisotopic (exact) mass is 233 g/mol. The normalized spacial score (nSPS) is 10.1. The van der Waals surface area contributed by atoms with Crippen LogP contribution in [0.3, 0.4) is 0 Å². The molecule has 0 atom stereocenters. The fourth-order valence-electron chi connectivity index (χ4n) is 1.33. The van der Waals surface area contributed by atoms with Gasteiger partial charge in [-0.25, -0.2) is 0 Å². The third-order valence-corrected chi connectivity index (χ3v) is 2.59. The number of alkyl halides is 1. The first-order valence-electron chi connectivity index (χ1n) is 4.21. The third kappa shape index (κ3) is 2.25. The summed E-state index contributed by atoms with van der Waals surface area (Å²) in [5.74, 6) is 0.817. The zero-order valence-corrected chi connectivity index (χ0v) is 9.99. The molecule has 78 valence electrons. The topological polar surface area (TPSA) is 12.5 Å². The van der Waals surface area contributed by atoms with Crippen LogP contribution in [0.5, 0.6) is 5.75 Å². The lowest BCUT2D eigenvalue weighted by Crippen LogP contribution is -2.15. The number of aryl methyl sites for hydroxylation is 1. The summed E-state index contributed by atoms with van der Waals surface area (Å²) in [4.78, 5) is 1.87. The molecule has 0 unspecified atom stereocenters. The fourth-order valence-corrected chi connectivity index (χ4v) is 1.72. The highest BCUT2D eigenvalue weighted by atomic mass is 35.5. The minimum atomic E-state index is 0.399. The zero-order valence-electron chi connectivity index (χ0n) is 8.47. The molecule has 1 rings (SSSR count). The van der Waals surface area contributed by atoms with E-state index in [4.69, 9.17) is 27.9 Å². The predicted octanol–water partition coefficient (Wildman–Crippen LogP) is 3.29. The number of ether oxygens (including phenoxy) is 1. The first kappa shape index (κ1) is 11.5. The molecule has 0 spiro atoms. The maximum absolute atomic E-state index is 5.95. The molecular formula is C10H13Cl2NO. The minimum absolute atomic E-state index is 0.399. The van der Waals surface area contributed by atoms with Crippen LogP contribution in [0.2, 0.25) is 5.02 Å². The van der Waals surface area contributed by atoms with Crippen LogP contribution in [0.1, 0.15) is 5.56 Å². The molecular weight excluding hydrogens is 221 g/mol. The van der Waals surface area contributed by atoms with Crippen molar-refractivity contribution in [3.63, 3.8) is 0 Å². The van der Waals surface area contributed by atoms with Crippen molar-refractivity contribution < 1.29 is 4.74 Å². The summed E-state index contributed by atoms with van der Waals surface area (Å²) in [6.07, 6.45) is 0. The number of hydrogen-bond donors (Lipinski definition) is 0. The van der Waals surface area contributed by atoms with Crippen LogP contribution in [0.15, 0.2) is 12.1 Å². The summed E-state index contributed by atoms with van der Waals surface area (Å²) in [6.45, 7) is 1.95. The van der Waals surface area contributed by atoms with E-state index in [0.717, 1.165) is 17.0 Å². The Kier molecular flexibility index (Phi) is 3.90. The minimum Gasteiger partial charge on any atom is -0.494 e. The molecule has 14 heavy (non-hydrogen) atoms. The van der Waals surface area contributed by atoms with Gasteiger partial charge in [0.1, 0.15) is 5.75 Å². The van der Waals surface area contributed by atoms with E-state index in [0.29, 0.717) is 11.0 Å². The highest BCUT2D eigenvalue weighted by Crippen LogP contribution is 2.34. The van der Waals surface area contributed by atoms with Gasteiger partial charge in [0.15, 0.2) is 0 Å². The lowest BCUT2D eigenvalue weighted by molar-refractivity contribution is 0.412. The van der Waals surface area contributed by atoms with Gasteiger partial charge in [0.05, 0.1) is 18.8 Å². The van der Waals surface area contributed by atoms with Gasteiger partial charge in [-0.2, -0.15) is 0 Å². The van der Waals surface area contributed by atoms with Gasteiger partial charge >= 0.3 is 0 Å². The van der Waals surface area contributed by atoms with Crippen LogP contribution in [0.25, 0.3) is 0 Å². The van der Waals surface area contributed by atoms with Crippen molar-refractivity contribution in [1.29, 1.82) is 0 Å². The molecule has 0 aliphatic rings. The fraction of sp³-hybridized carbons (Fsp3) is 0.400. The number of anilines is 1. The molecule has 0 saturated heterocycles. The van der Waals surface area contributed by atoms with Crippen LogP contribution in [0, 0.1) is 6.92 Å². The summed E-state index contributed by atoms with van der Waals surface area (Å²) in [7, 11) is 3.53. The molecule has 0 bridgehead atoms. The largest absolute Gasteiger partial charge is 0.494 e. The smallest absolute Gasteiger partial charge is 0.145 e. The highest BCUT2D eigenvalue weighted by Gasteiger charge is 2.11. The standard InChI is InChI=1S/C10H13Cl2NO/c1-7-4-8(12)5-9(10(7)14-3)13(2)6-11/h4-5H,6H2,1-3H3. The average Bonchev–Trinajstić information content (AvgIpc) is 2.15. The van der Waals surface area contributed by atoms with Gasteiger partial charge in [0, 0.05) is 12.1 Å². The van der Waals surface area contributed by atoms with Gasteiger partial charge < -0.3 is 9.64 Å². The van der Waals surface area contributed by atoms with Gasteiger partial charge in [-0.15, -0.1) is 11.6 Å². The maximum Gasteiger partial charge on any atom is 0.145 e. The van der Waals surface area contributed by atoms with Gasteiger partial charge in [0.25, 0.3) is 0 Å². The molecule has 0 saturated carbocycles. The van der Waals surface area contributed by atoms with Crippen molar-refractivity contribution in [2.45, 2.75) is 6.92 Å². The lowest BCUT2D eigenvalue weighted by Gasteiger charge is -2.20. The van der Waals surface area contributed by atoms with E-state index in [1.165, 1.54) is 0 Å². The van der Waals surface area contributed by atoms with Gasteiger partial charge in [-0.05, 0) is 24.6 Å². The van der Waals surface area contributed by atoms with Crippen molar-refractivity contribution in [2.75, 3.05) is 25.1 Å². The first-order valence-corrected chi connectivity index (χ1v) is 5.12. The molecule has 0 aliphatic carbocycles. The van der Waals surface area contributed by atoms with Crippen LogP contribution in [0.4, 0.5) is 5.69 Å². The molecule has 0 heterocycles. The lowest BCUT2D eigenvalue weighted by atomic mass is 10.2. The Morgan fingerprint density at radius 2 is 2.07 bits per heavy atom. The number of halogens is 2. The van der Waals surface area contributed by atoms with Crippen molar-refractivity contribution in [3.05, 3.63) is 22.7 Å². The van der Waals surface area contributed by atoms with E-state index < -0.39 is 0 Å². The molecule has 0 fully saturated rings. The molecule has 0 amide bonds. The second kappa shape index (κ2) is 4.76. The Bertz CT molecular complexity index is 328. The van der Waals surface area contributed by atoms with E-state index in [-0.39, 0.29) is 0 Å². The molecule has 1 aromatic carbocycles. The molecule has 0 aliphatic heterocycles. The number of rotatable bonds is 3. The van der Waals surface area contributed by atoms with Gasteiger partial charge in [-0.3, -0.25) is 0 Å². The summed E-state index contributed by atoms with van der Waals surface area (Å²) in [5.41, 5.74) is 1.92. The van der Waals surface area contributed by atoms with Crippen molar-refractivity contribution in [1.82, 2.24) is 0 Å². The summed E-state index contributed by atoms with van der Waals surface area (Å²) in [5, 5.41) is 0.690. The van der Waals surface area contributed by atoms with Crippen LogP contribution in [-0.4, -0.2) is 20.2 Å². The van der Waals surface area contributed by atoms with Crippen molar-refractivity contribution in [3.8, 4) is 5.75 Å². The quantitative estimate of drug-likeness (QED) is 0.587. The molecule has 0 N–H and O–H groups in total.